The highest BCUT2D eigenvalue weighted by atomic mass is 35.5. The van der Waals surface area contributed by atoms with Crippen LogP contribution in [-0.2, 0) is 19.2 Å². The molecular weight excluding hydrogens is 468 g/mol. The van der Waals surface area contributed by atoms with E-state index in [9.17, 15) is 34.2 Å². The number of rotatable bonds is 6. The van der Waals surface area contributed by atoms with Crippen LogP contribution in [0.3, 0.4) is 0 Å². The van der Waals surface area contributed by atoms with Crippen LogP contribution in [0.2, 0.25) is 5.02 Å². The number of carboxylic acids is 2. The molecule has 2 amide bonds. The second kappa shape index (κ2) is 8.27. The number of hydrogen-bond acceptors (Lipinski definition) is 7. The number of carbonyl (C=O) groups excluding carboxylic acids is 2. The summed E-state index contributed by atoms with van der Waals surface area (Å²) >= 11 is 6.15. The van der Waals surface area contributed by atoms with E-state index in [1.807, 2.05) is 0 Å². The maximum absolute atomic E-state index is 13.4. The third kappa shape index (κ3) is 3.36. The molecule has 176 valence electrons. The van der Waals surface area contributed by atoms with Gasteiger partial charge >= 0.3 is 11.9 Å². The van der Waals surface area contributed by atoms with Gasteiger partial charge in [0.05, 0.1) is 41.5 Å². The molecule has 2 fully saturated rings. The standard InChI is InChI=1S/C23H19ClN2O8/c1-3-4-5-26-20(30)16-17(21(26)31)23(22(32)33,8-15(27)28)25-18(16)12-9-34-14-6-10(2)13(24)7-11(14)19(12)29/h1,6-7,9,16-18,25H,4-5,8H2,2H3,(H,27,28)(H,32,33). The van der Waals surface area contributed by atoms with Crippen molar-refractivity contribution in [3.63, 3.8) is 0 Å². The zero-order valence-corrected chi connectivity index (χ0v) is 18.6. The fourth-order valence-corrected chi connectivity index (χ4v) is 5.04. The number of aryl methyl sites for hydroxylation is 1. The van der Waals surface area contributed by atoms with Gasteiger partial charge in [0.2, 0.25) is 11.8 Å². The number of fused-ring (bicyclic) bond motifs is 2. The Morgan fingerprint density at radius 3 is 2.59 bits per heavy atom. The minimum absolute atomic E-state index is 0.0317. The van der Waals surface area contributed by atoms with Gasteiger partial charge < -0.3 is 14.6 Å². The largest absolute Gasteiger partial charge is 0.481 e. The van der Waals surface area contributed by atoms with Gasteiger partial charge in [-0.25, -0.2) is 0 Å². The first-order valence-electron chi connectivity index (χ1n) is 10.3. The summed E-state index contributed by atoms with van der Waals surface area (Å²) in [5, 5.41) is 22.5. The summed E-state index contributed by atoms with van der Waals surface area (Å²) in [7, 11) is 0. The number of aliphatic carboxylic acids is 2. The Kier molecular flexibility index (Phi) is 5.71. The zero-order valence-electron chi connectivity index (χ0n) is 17.8. The second-order valence-electron chi connectivity index (χ2n) is 8.37. The van der Waals surface area contributed by atoms with Crippen LogP contribution in [0.25, 0.3) is 11.0 Å². The maximum Gasteiger partial charge on any atom is 0.325 e. The molecule has 3 N–H and O–H groups in total. The fraction of sp³-hybridized carbons (Fsp3) is 0.348. The third-order valence-electron chi connectivity index (χ3n) is 6.45. The first kappa shape index (κ1) is 23.5. The van der Waals surface area contributed by atoms with E-state index < -0.39 is 59.0 Å². The van der Waals surface area contributed by atoms with Gasteiger partial charge in [0.25, 0.3) is 0 Å². The summed E-state index contributed by atoms with van der Waals surface area (Å²) in [6.45, 7) is 1.57. The summed E-state index contributed by atoms with van der Waals surface area (Å²) in [6, 6.07) is 1.66. The van der Waals surface area contributed by atoms with Gasteiger partial charge in [-0.05, 0) is 24.6 Å². The van der Waals surface area contributed by atoms with Gasteiger partial charge in [-0.3, -0.25) is 34.2 Å². The Bertz CT molecular complexity index is 1360. The number of carbonyl (C=O) groups is 4. The van der Waals surface area contributed by atoms with Crippen molar-refractivity contribution in [3.05, 3.63) is 44.8 Å². The highest BCUT2D eigenvalue weighted by Gasteiger charge is 2.69. The summed E-state index contributed by atoms with van der Waals surface area (Å²) in [5.41, 5.74) is -2.14. The molecule has 1 aromatic heterocycles. The van der Waals surface area contributed by atoms with E-state index in [0.29, 0.717) is 10.6 Å². The quantitative estimate of drug-likeness (QED) is 0.405. The van der Waals surface area contributed by atoms with Gasteiger partial charge in [-0.2, -0.15) is 0 Å². The van der Waals surface area contributed by atoms with Gasteiger partial charge in [0, 0.05) is 18.0 Å². The molecule has 3 heterocycles. The Labute approximate surface area is 197 Å². The highest BCUT2D eigenvalue weighted by Crippen LogP contribution is 2.49. The topological polar surface area (TPSA) is 154 Å². The molecule has 4 unspecified atom stereocenters. The molecular formula is C23H19ClN2O8. The Morgan fingerprint density at radius 1 is 1.26 bits per heavy atom. The number of likely N-dealkylation sites (tertiary alicyclic amines) is 1. The van der Waals surface area contributed by atoms with E-state index in [0.717, 1.165) is 11.2 Å². The number of nitrogens with one attached hydrogen (secondary N) is 1. The number of halogens is 1. The first-order valence-corrected chi connectivity index (χ1v) is 10.6. The fourth-order valence-electron chi connectivity index (χ4n) is 4.88. The molecule has 34 heavy (non-hydrogen) atoms. The number of imide groups is 1. The van der Waals surface area contributed by atoms with Crippen molar-refractivity contribution in [1.29, 1.82) is 0 Å². The summed E-state index contributed by atoms with van der Waals surface area (Å²) in [4.78, 5) is 64.6. The number of benzene rings is 1. The average molecular weight is 487 g/mol. The number of amides is 2. The molecule has 4 rings (SSSR count). The highest BCUT2D eigenvalue weighted by molar-refractivity contribution is 6.32. The first-order chi connectivity index (χ1) is 16.0. The van der Waals surface area contributed by atoms with Crippen molar-refractivity contribution < 1.29 is 33.8 Å². The molecule has 0 spiro atoms. The molecule has 2 saturated heterocycles. The van der Waals surface area contributed by atoms with Crippen molar-refractivity contribution in [1.82, 2.24) is 10.2 Å². The SMILES string of the molecule is C#CCCN1C(=O)C2C(c3coc4cc(C)c(Cl)cc4c3=O)NC(CC(=O)O)(C(=O)O)C2C1=O. The predicted octanol–water partition coefficient (Wildman–Crippen LogP) is 1.32. The molecule has 2 aromatic rings. The molecule has 0 aliphatic carbocycles. The van der Waals surface area contributed by atoms with Crippen LogP contribution in [0.4, 0.5) is 0 Å². The summed E-state index contributed by atoms with van der Waals surface area (Å²) in [6.07, 6.45) is 5.37. The monoisotopic (exact) mass is 486 g/mol. The van der Waals surface area contributed by atoms with E-state index in [2.05, 4.69) is 11.2 Å². The predicted molar refractivity (Wildman–Crippen MR) is 118 cm³/mol. The molecule has 2 aliphatic heterocycles. The molecule has 11 heteroatoms. The minimum atomic E-state index is -2.33. The maximum atomic E-state index is 13.4. The lowest BCUT2D eigenvalue weighted by molar-refractivity contribution is -0.155. The smallest absolute Gasteiger partial charge is 0.325 e. The zero-order chi connectivity index (χ0) is 24.9. The minimum Gasteiger partial charge on any atom is -0.481 e. The van der Waals surface area contributed by atoms with E-state index in [1.54, 1.807) is 13.0 Å². The Morgan fingerprint density at radius 2 is 1.97 bits per heavy atom. The lowest BCUT2D eigenvalue weighted by Gasteiger charge is -2.29. The van der Waals surface area contributed by atoms with Gasteiger partial charge in [0.1, 0.15) is 11.1 Å². The molecule has 0 radical (unpaired) electrons. The summed E-state index contributed by atoms with van der Waals surface area (Å²) < 4.78 is 5.59. The van der Waals surface area contributed by atoms with Crippen LogP contribution < -0.4 is 10.7 Å². The van der Waals surface area contributed by atoms with Crippen molar-refractivity contribution in [2.45, 2.75) is 31.3 Å². The van der Waals surface area contributed by atoms with E-state index in [-0.39, 0.29) is 29.5 Å². The molecule has 10 nitrogen and oxygen atoms in total. The van der Waals surface area contributed by atoms with Gasteiger partial charge in [-0.1, -0.05) is 11.6 Å². The number of nitrogens with zero attached hydrogens (tertiary/aromatic N) is 1. The number of hydrogen-bond donors (Lipinski definition) is 3. The molecule has 4 atom stereocenters. The van der Waals surface area contributed by atoms with Crippen molar-refractivity contribution in [2.24, 2.45) is 11.8 Å². The van der Waals surface area contributed by atoms with Crippen molar-refractivity contribution in [2.75, 3.05) is 6.54 Å². The van der Waals surface area contributed by atoms with Crippen LogP contribution in [0.5, 0.6) is 0 Å². The normalized spacial score (nSPS) is 26.0. The van der Waals surface area contributed by atoms with Crippen LogP contribution in [0, 0.1) is 31.1 Å². The van der Waals surface area contributed by atoms with Crippen LogP contribution in [0.15, 0.2) is 27.6 Å². The number of terminal acetylenes is 1. The molecule has 0 saturated carbocycles. The van der Waals surface area contributed by atoms with Crippen LogP contribution >= 0.6 is 11.6 Å². The molecule has 2 aliphatic rings. The summed E-state index contributed by atoms with van der Waals surface area (Å²) in [5.74, 6) is -5.31. The van der Waals surface area contributed by atoms with Crippen molar-refractivity contribution in [3.8, 4) is 12.3 Å². The lowest BCUT2D eigenvalue weighted by atomic mass is 9.77. The van der Waals surface area contributed by atoms with Crippen LogP contribution in [-0.4, -0.2) is 50.9 Å². The van der Waals surface area contributed by atoms with Crippen molar-refractivity contribution >= 4 is 46.3 Å². The average Bonchev–Trinajstić information content (AvgIpc) is 3.22. The third-order valence-corrected chi connectivity index (χ3v) is 6.86. The van der Waals surface area contributed by atoms with E-state index >= 15 is 0 Å². The Balaban J connectivity index is 1.92. The van der Waals surface area contributed by atoms with Gasteiger partial charge in [0.15, 0.2) is 5.43 Å². The molecule has 0 bridgehead atoms. The second-order valence-corrected chi connectivity index (χ2v) is 8.78. The van der Waals surface area contributed by atoms with Gasteiger partial charge in [-0.15, -0.1) is 12.3 Å². The Hall–Kier alpha value is -3.68. The number of carboxylic acid groups (broad SMARTS) is 2. The lowest BCUT2D eigenvalue weighted by Crippen LogP contribution is -2.57. The molecule has 1 aromatic carbocycles. The van der Waals surface area contributed by atoms with E-state index in [4.69, 9.17) is 22.4 Å². The van der Waals surface area contributed by atoms with E-state index in [1.165, 1.54) is 6.07 Å². The van der Waals surface area contributed by atoms with Crippen LogP contribution in [0.1, 0.15) is 30.0 Å².